The number of aromatic amines is 1. The largest absolute Gasteiger partial charge is 0.333 e. The Hall–Kier alpha value is -2.14. The smallest absolute Gasteiger partial charge is 0.274 e. The maximum atomic E-state index is 12.5. The number of H-pyrrole nitrogens is 1. The predicted octanol–water partition coefficient (Wildman–Crippen LogP) is 1.71. The number of nitrogens with two attached hydrogens (primary N) is 1. The van der Waals surface area contributed by atoms with Gasteiger partial charge in [-0.1, -0.05) is 30.3 Å². The number of carbonyl (C=O) groups is 1. The van der Waals surface area contributed by atoms with Gasteiger partial charge in [0.25, 0.3) is 5.91 Å². The molecule has 2 rings (SSSR count). The third kappa shape index (κ3) is 3.68. The van der Waals surface area contributed by atoms with Gasteiger partial charge in [-0.25, -0.2) is 0 Å². The second-order valence-corrected chi connectivity index (χ2v) is 4.79. The summed E-state index contributed by atoms with van der Waals surface area (Å²) in [6.07, 6.45) is 0.780. The number of nitrogens with zero attached hydrogens (tertiary/aromatic N) is 2. The van der Waals surface area contributed by atoms with Gasteiger partial charge in [0, 0.05) is 18.8 Å². The number of hydrogen-bond acceptors (Lipinski definition) is 3. The number of aryl methyl sites for hydroxylation is 1. The van der Waals surface area contributed by atoms with E-state index in [1.807, 2.05) is 37.3 Å². The molecular formula is C15H20N4O. The minimum Gasteiger partial charge on any atom is -0.333 e. The molecule has 0 radical (unpaired) electrons. The summed E-state index contributed by atoms with van der Waals surface area (Å²) in [6.45, 7) is 3.66. The average Bonchev–Trinajstić information content (AvgIpc) is 2.90. The van der Waals surface area contributed by atoms with Gasteiger partial charge in [-0.3, -0.25) is 9.89 Å². The summed E-state index contributed by atoms with van der Waals surface area (Å²) in [5.41, 5.74) is 7.99. The minimum absolute atomic E-state index is 0.0633. The van der Waals surface area contributed by atoms with Crippen molar-refractivity contribution in [2.24, 2.45) is 5.73 Å². The molecule has 106 valence electrons. The summed E-state index contributed by atoms with van der Waals surface area (Å²) in [7, 11) is 0. The Labute approximate surface area is 118 Å². The molecule has 0 unspecified atom stereocenters. The first-order valence-electron chi connectivity index (χ1n) is 6.76. The molecule has 0 saturated carbocycles. The van der Waals surface area contributed by atoms with Crippen molar-refractivity contribution in [2.75, 3.05) is 13.1 Å². The lowest BCUT2D eigenvalue weighted by molar-refractivity contribution is 0.0736. The fraction of sp³-hybridized carbons (Fsp3) is 0.333. The van der Waals surface area contributed by atoms with Crippen LogP contribution in [0.25, 0.3) is 0 Å². The predicted molar refractivity (Wildman–Crippen MR) is 78.2 cm³/mol. The quantitative estimate of drug-likeness (QED) is 0.840. The minimum atomic E-state index is -0.0633. The molecule has 0 atom stereocenters. The van der Waals surface area contributed by atoms with Crippen LogP contribution < -0.4 is 5.73 Å². The summed E-state index contributed by atoms with van der Waals surface area (Å²) < 4.78 is 0. The first kappa shape index (κ1) is 14.3. The Morgan fingerprint density at radius 1 is 1.35 bits per heavy atom. The molecule has 5 heteroatoms. The second kappa shape index (κ2) is 6.86. The molecule has 0 bridgehead atoms. The molecular weight excluding hydrogens is 252 g/mol. The average molecular weight is 272 g/mol. The molecule has 0 saturated heterocycles. The Morgan fingerprint density at radius 2 is 2.10 bits per heavy atom. The standard InChI is InChI=1S/C15H20N4O/c1-12-10-14(18-17-12)15(20)19(9-5-8-16)11-13-6-3-2-4-7-13/h2-4,6-7,10H,5,8-9,11,16H2,1H3,(H,17,18). The van der Waals surface area contributed by atoms with E-state index in [0.29, 0.717) is 25.3 Å². The van der Waals surface area contributed by atoms with Crippen LogP contribution >= 0.6 is 0 Å². The topological polar surface area (TPSA) is 75.0 Å². The lowest BCUT2D eigenvalue weighted by atomic mass is 10.2. The van der Waals surface area contributed by atoms with Crippen LogP contribution in [0.1, 0.15) is 28.2 Å². The summed E-state index contributed by atoms with van der Waals surface area (Å²) in [6, 6.07) is 11.7. The highest BCUT2D eigenvalue weighted by Gasteiger charge is 2.18. The van der Waals surface area contributed by atoms with Crippen molar-refractivity contribution in [1.29, 1.82) is 0 Å². The highest BCUT2D eigenvalue weighted by atomic mass is 16.2. The van der Waals surface area contributed by atoms with Crippen molar-refractivity contribution in [2.45, 2.75) is 19.9 Å². The van der Waals surface area contributed by atoms with E-state index >= 15 is 0 Å². The van der Waals surface area contributed by atoms with Gasteiger partial charge in [-0.2, -0.15) is 5.10 Å². The number of carbonyl (C=O) groups excluding carboxylic acids is 1. The van der Waals surface area contributed by atoms with Crippen LogP contribution in [-0.4, -0.2) is 34.1 Å². The number of hydrogen-bond donors (Lipinski definition) is 2. The van der Waals surface area contributed by atoms with Gasteiger partial charge in [-0.05, 0) is 31.5 Å². The van der Waals surface area contributed by atoms with Gasteiger partial charge >= 0.3 is 0 Å². The molecule has 20 heavy (non-hydrogen) atoms. The van der Waals surface area contributed by atoms with Crippen LogP contribution in [0.4, 0.5) is 0 Å². The van der Waals surface area contributed by atoms with E-state index in [9.17, 15) is 4.79 Å². The molecule has 1 amide bonds. The number of aromatic nitrogens is 2. The highest BCUT2D eigenvalue weighted by molar-refractivity contribution is 5.92. The maximum absolute atomic E-state index is 12.5. The van der Waals surface area contributed by atoms with Crippen LogP contribution in [0, 0.1) is 6.92 Å². The van der Waals surface area contributed by atoms with Crippen LogP contribution in [-0.2, 0) is 6.54 Å². The zero-order valence-corrected chi connectivity index (χ0v) is 11.7. The monoisotopic (exact) mass is 272 g/mol. The summed E-state index contributed by atoms with van der Waals surface area (Å²) >= 11 is 0. The van der Waals surface area contributed by atoms with Crippen LogP contribution in [0.3, 0.4) is 0 Å². The molecule has 1 aromatic heterocycles. The molecule has 2 aromatic rings. The molecule has 1 heterocycles. The Kier molecular flexibility index (Phi) is 4.90. The second-order valence-electron chi connectivity index (χ2n) is 4.79. The molecule has 0 aliphatic carbocycles. The molecule has 5 nitrogen and oxygen atoms in total. The van der Waals surface area contributed by atoms with E-state index < -0.39 is 0 Å². The molecule has 0 spiro atoms. The fourth-order valence-corrected chi connectivity index (χ4v) is 2.03. The highest BCUT2D eigenvalue weighted by Crippen LogP contribution is 2.10. The Morgan fingerprint density at radius 3 is 2.70 bits per heavy atom. The zero-order chi connectivity index (χ0) is 14.4. The first-order chi connectivity index (χ1) is 9.70. The van der Waals surface area contributed by atoms with E-state index in [4.69, 9.17) is 5.73 Å². The van der Waals surface area contributed by atoms with Crippen molar-refractivity contribution in [3.8, 4) is 0 Å². The van der Waals surface area contributed by atoms with Crippen molar-refractivity contribution < 1.29 is 4.79 Å². The van der Waals surface area contributed by atoms with Gasteiger partial charge in [-0.15, -0.1) is 0 Å². The number of rotatable bonds is 6. The van der Waals surface area contributed by atoms with Crippen LogP contribution in [0.5, 0.6) is 0 Å². The molecule has 0 aliphatic rings. The Bertz CT molecular complexity index is 550. The normalized spacial score (nSPS) is 10.5. The lowest BCUT2D eigenvalue weighted by Crippen LogP contribution is -2.32. The van der Waals surface area contributed by atoms with Crippen molar-refractivity contribution in [3.05, 3.63) is 53.3 Å². The van der Waals surface area contributed by atoms with Gasteiger partial charge < -0.3 is 10.6 Å². The number of benzene rings is 1. The molecule has 3 N–H and O–H groups in total. The van der Waals surface area contributed by atoms with Crippen molar-refractivity contribution >= 4 is 5.91 Å². The summed E-state index contributed by atoms with van der Waals surface area (Å²) in [5.74, 6) is -0.0633. The van der Waals surface area contributed by atoms with Gasteiger partial charge in [0.2, 0.25) is 0 Å². The summed E-state index contributed by atoms with van der Waals surface area (Å²) in [5, 5.41) is 6.84. The van der Waals surface area contributed by atoms with E-state index in [1.54, 1.807) is 11.0 Å². The fourth-order valence-electron chi connectivity index (χ4n) is 2.03. The number of amides is 1. The van der Waals surface area contributed by atoms with Gasteiger partial charge in [0.15, 0.2) is 0 Å². The van der Waals surface area contributed by atoms with Gasteiger partial charge in [0.05, 0.1) is 0 Å². The lowest BCUT2D eigenvalue weighted by Gasteiger charge is -2.21. The maximum Gasteiger partial charge on any atom is 0.274 e. The van der Waals surface area contributed by atoms with E-state index in [2.05, 4.69) is 10.2 Å². The molecule has 1 aromatic carbocycles. The van der Waals surface area contributed by atoms with Gasteiger partial charge in [0.1, 0.15) is 5.69 Å². The summed E-state index contributed by atoms with van der Waals surface area (Å²) in [4.78, 5) is 14.3. The Balaban J connectivity index is 2.12. The van der Waals surface area contributed by atoms with Crippen molar-refractivity contribution in [3.63, 3.8) is 0 Å². The van der Waals surface area contributed by atoms with Crippen LogP contribution in [0.15, 0.2) is 36.4 Å². The zero-order valence-electron chi connectivity index (χ0n) is 11.7. The van der Waals surface area contributed by atoms with E-state index in [1.165, 1.54) is 0 Å². The van der Waals surface area contributed by atoms with Crippen LogP contribution in [0.2, 0.25) is 0 Å². The van der Waals surface area contributed by atoms with E-state index in [-0.39, 0.29) is 5.91 Å². The van der Waals surface area contributed by atoms with E-state index in [0.717, 1.165) is 17.7 Å². The SMILES string of the molecule is Cc1cc(C(=O)N(CCCN)Cc2ccccc2)n[nH]1. The molecule has 0 aliphatic heterocycles. The third-order valence-electron chi connectivity index (χ3n) is 3.06. The number of nitrogens with one attached hydrogen (secondary N) is 1. The third-order valence-corrected chi connectivity index (χ3v) is 3.06. The molecule has 0 fully saturated rings. The van der Waals surface area contributed by atoms with Crippen molar-refractivity contribution in [1.82, 2.24) is 15.1 Å². The first-order valence-corrected chi connectivity index (χ1v) is 6.76.